The Hall–Kier alpha value is -3.02. The predicted octanol–water partition coefficient (Wildman–Crippen LogP) is 1.80. The van der Waals surface area contributed by atoms with Gasteiger partial charge in [0, 0.05) is 13.1 Å². The zero-order valence-corrected chi connectivity index (χ0v) is 14.3. The predicted molar refractivity (Wildman–Crippen MR) is 94.9 cm³/mol. The van der Waals surface area contributed by atoms with E-state index in [0.717, 1.165) is 11.1 Å². The van der Waals surface area contributed by atoms with E-state index in [1.807, 2.05) is 37.3 Å². The highest BCUT2D eigenvalue weighted by Gasteiger charge is 2.15. The van der Waals surface area contributed by atoms with Crippen LogP contribution in [0.15, 0.2) is 42.5 Å². The second-order valence-electron chi connectivity index (χ2n) is 5.63. The number of hydrogen-bond acceptors (Lipinski definition) is 4. The van der Waals surface area contributed by atoms with Gasteiger partial charge in [-0.05, 0) is 30.2 Å². The number of methoxy groups -OCH3 is 1. The highest BCUT2D eigenvalue weighted by atomic mass is 16.5. The van der Waals surface area contributed by atoms with Gasteiger partial charge >= 0.3 is 0 Å². The Bertz CT molecular complexity index is 745. The van der Waals surface area contributed by atoms with E-state index < -0.39 is 5.91 Å². The Morgan fingerprint density at radius 3 is 2.44 bits per heavy atom. The number of aromatic hydroxyl groups is 1. The molecule has 25 heavy (non-hydrogen) atoms. The molecule has 0 fully saturated rings. The normalized spacial score (nSPS) is 10.2. The van der Waals surface area contributed by atoms with Gasteiger partial charge in [-0.3, -0.25) is 9.59 Å². The minimum Gasteiger partial charge on any atom is -0.504 e. The van der Waals surface area contributed by atoms with Gasteiger partial charge in [0.2, 0.25) is 5.91 Å². The molecule has 0 radical (unpaired) electrons. The van der Waals surface area contributed by atoms with Crippen molar-refractivity contribution >= 4 is 11.8 Å². The lowest BCUT2D eigenvalue weighted by atomic mass is 10.1. The second kappa shape index (κ2) is 8.73. The Kier molecular flexibility index (Phi) is 6.39. The molecule has 0 aliphatic rings. The average molecular weight is 342 g/mol. The summed E-state index contributed by atoms with van der Waals surface area (Å²) < 4.78 is 5.04. The van der Waals surface area contributed by atoms with Crippen LogP contribution in [0.3, 0.4) is 0 Å². The summed E-state index contributed by atoms with van der Waals surface area (Å²) in [6, 6.07) is 12.7. The van der Waals surface area contributed by atoms with Crippen LogP contribution in [0.1, 0.15) is 21.5 Å². The van der Waals surface area contributed by atoms with Crippen LogP contribution in [0.5, 0.6) is 11.5 Å². The summed E-state index contributed by atoms with van der Waals surface area (Å²) in [5.74, 6) is -0.475. The zero-order chi connectivity index (χ0) is 18.2. The van der Waals surface area contributed by atoms with Gasteiger partial charge in [-0.15, -0.1) is 0 Å². The lowest BCUT2D eigenvalue weighted by Crippen LogP contribution is -2.35. The fourth-order valence-electron chi connectivity index (χ4n) is 2.39. The van der Waals surface area contributed by atoms with Crippen molar-refractivity contribution in [3.63, 3.8) is 0 Å². The summed E-state index contributed by atoms with van der Waals surface area (Å²) in [6.07, 6.45) is 0.296. The molecule has 132 valence electrons. The van der Waals surface area contributed by atoms with Crippen molar-refractivity contribution in [1.82, 2.24) is 10.6 Å². The number of carbonyl (C=O) groups is 2. The summed E-state index contributed by atoms with van der Waals surface area (Å²) in [5, 5.41) is 15.5. The lowest BCUT2D eigenvalue weighted by molar-refractivity contribution is -0.120. The van der Waals surface area contributed by atoms with Crippen molar-refractivity contribution in [1.29, 1.82) is 0 Å². The summed E-state index contributed by atoms with van der Waals surface area (Å²) in [4.78, 5) is 24.0. The molecule has 2 amide bonds. The van der Waals surface area contributed by atoms with Gasteiger partial charge in [0.25, 0.3) is 5.91 Å². The zero-order valence-electron chi connectivity index (χ0n) is 14.3. The second-order valence-corrected chi connectivity index (χ2v) is 5.63. The molecule has 6 nitrogen and oxygen atoms in total. The third kappa shape index (κ3) is 5.24. The Balaban J connectivity index is 1.81. The van der Waals surface area contributed by atoms with Gasteiger partial charge in [-0.2, -0.15) is 0 Å². The Morgan fingerprint density at radius 1 is 1.08 bits per heavy atom. The summed E-state index contributed by atoms with van der Waals surface area (Å²) in [5.41, 5.74) is 1.88. The van der Waals surface area contributed by atoms with E-state index in [9.17, 15) is 14.7 Å². The van der Waals surface area contributed by atoms with E-state index in [2.05, 4.69) is 10.6 Å². The molecule has 2 rings (SSSR count). The van der Waals surface area contributed by atoms with E-state index in [4.69, 9.17) is 4.74 Å². The fourth-order valence-corrected chi connectivity index (χ4v) is 2.39. The molecule has 0 aliphatic heterocycles. The number of amides is 2. The molecule has 0 saturated carbocycles. The van der Waals surface area contributed by atoms with Crippen molar-refractivity contribution in [3.05, 3.63) is 59.2 Å². The van der Waals surface area contributed by atoms with Crippen molar-refractivity contribution in [3.8, 4) is 11.5 Å². The smallest absolute Gasteiger partial charge is 0.255 e. The van der Waals surface area contributed by atoms with Gasteiger partial charge in [0.15, 0.2) is 11.5 Å². The number of phenolic OH excluding ortho intramolecular Hbond substituents is 1. The molecule has 0 saturated heterocycles. The van der Waals surface area contributed by atoms with Crippen LogP contribution in [0.25, 0.3) is 0 Å². The molecule has 0 bridgehead atoms. The van der Waals surface area contributed by atoms with E-state index in [1.54, 1.807) is 12.1 Å². The quantitative estimate of drug-likeness (QED) is 0.670. The maximum absolute atomic E-state index is 12.2. The topological polar surface area (TPSA) is 87.7 Å². The molecule has 0 spiro atoms. The molecule has 0 aliphatic carbocycles. The number of carbonyl (C=O) groups excluding carboxylic acids is 2. The largest absolute Gasteiger partial charge is 0.504 e. The number of aryl methyl sites for hydroxylation is 1. The number of benzene rings is 2. The standard InChI is InChI=1S/C19H22N2O4/c1-13-10-15(18(23)16(11-13)25-2)19(24)21-9-8-20-17(22)12-14-6-4-3-5-7-14/h3-7,10-11,23H,8-9,12H2,1-2H3,(H,20,22)(H,21,24). The first kappa shape index (κ1) is 18.3. The lowest BCUT2D eigenvalue weighted by Gasteiger charge is -2.11. The Morgan fingerprint density at radius 2 is 1.76 bits per heavy atom. The number of rotatable bonds is 7. The monoisotopic (exact) mass is 342 g/mol. The highest BCUT2D eigenvalue weighted by molar-refractivity contribution is 5.97. The first-order valence-electron chi connectivity index (χ1n) is 7.97. The fraction of sp³-hybridized carbons (Fsp3) is 0.263. The molecule has 0 heterocycles. The molecular formula is C19H22N2O4. The van der Waals surface area contributed by atoms with Crippen LogP contribution in [0, 0.1) is 6.92 Å². The number of ether oxygens (including phenoxy) is 1. The molecule has 6 heteroatoms. The van der Waals surface area contributed by atoms with Crippen LogP contribution in [-0.4, -0.2) is 37.1 Å². The van der Waals surface area contributed by atoms with Gasteiger partial charge in [-0.25, -0.2) is 0 Å². The first-order chi connectivity index (χ1) is 12.0. The van der Waals surface area contributed by atoms with E-state index >= 15 is 0 Å². The highest BCUT2D eigenvalue weighted by Crippen LogP contribution is 2.31. The minimum absolute atomic E-state index is 0.111. The van der Waals surface area contributed by atoms with Crippen molar-refractivity contribution in [2.45, 2.75) is 13.3 Å². The van der Waals surface area contributed by atoms with Crippen molar-refractivity contribution < 1.29 is 19.4 Å². The van der Waals surface area contributed by atoms with E-state index in [0.29, 0.717) is 13.0 Å². The van der Waals surface area contributed by atoms with Gasteiger partial charge in [0.05, 0.1) is 19.1 Å². The van der Waals surface area contributed by atoms with Crippen LogP contribution in [0.4, 0.5) is 0 Å². The molecule has 2 aromatic rings. The summed E-state index contributed by atoms with van der Waals surface area (Å²) in [6.45, 7) is 2.37. The SMILES string of the molecule is COc1cc(C)cc(C(=O)NCCNC(=O)Cc2ccccc2)c1O. The van der Waals surface area contributed by atoms with Crippen LogP contribution >= 0.6 is 0 Å². The first-order valence-corrected chi connectivity index (χ1v) is 7.97. The van der Waals surface area contributed by atoms with Crippen molar-refractivity contribution in [2.75, 3.05) is 20.2 Å². The maximum Gasteiger partial charge on any atom is 0.255 e. The summed E-state index contributed by atoms with van der Waals surface area (Å²) >= 11 is 0. The van der Waals surface area contributed by atoms with Gasteiger partial charge < -0.3 is 20.5 Å². The number of hydrogen-bond donors (Lipinski definition) is 3. The molecule has 3 N–H and O–H groups in total. The Labute approximate surface area is 146 Å². The van der Waals surface area contributed by atoms with Gasteiger partial charge in [0.1, 0.15) is 0 Å². The molecular weight excluding hydrogens is 320 g/mol. The number of phenols is 1. The summed E-state index contributed by atoms with van der Waals surface area (Å²) in [7, 11) is 1.43. The molecule has 2 aromatic carbocycles. The third-order valence-corrected chi connectivity index (χ3v) is 3.62. The molecule has 0 aromatic heterocycles. The van der Waals surface area contributed by atoms with E-state index in [1.165, 1.54) is 7.11 Å². The van der Waals surface area contributed by atoms with Crippen LogP contribution in [0.2, 0.25) is 0 Å². The van der Waals surface area contributed by atoms with Crippen LogP contribution < -0.4 is 15.4 Å². The minimum atomic E-state index is -0.420. The molecule has 0 unspecified atom stereocenters. The molecule has 0 atom stereocenters. The number of nitrogens with one attached hydrogen (secondary N) is 2. The van der Waals surface area contributed by atoms with E-state index in [-0.39, 0.29) is 29.5 Å². The van der Waals surface area contributed by atoms with Gasteiger partial charge in [-0.1, -0.05) is 30.3 Å². The van der Waals surface area contributed by atoms with Crippen LogP contribution in [-0.2, 0) is 11.2 Å². The third-order valence-electron chi connectivity index (χ3n) is 3.62. The van der Waals surface area contributed by atoms with Crippen molar-refractivity contribution in [2.24, 2.45) is 0 Å². The maximum atomic E-state index is 12.2. The average Bonchev–Trinajstić information content (AvgIpc) is 2.61.